The smallest absolute Gasteiger partial charge is 0.00970 e. The second kappa shape index (κ2) is 8.08. The van der Waals surface area contributed by atoms with Crippen LogP contribution in [0.25, 0.3) is 0 Å². The molecular weight excluding hydrogens is 186 g/mol. The van der Waals surface area contributed by atoms with Crippen LogP contribution < -0.4 is 10.6 Å². The van der Waals surface area contributed by atoms with E-state index in [9.17, 15) is 0 Å². The summed E-state index contributed by atoms with van der Waals surface area (Å²) < 4.78 is 0. The predicted molar refractivity (Wildman–Crippen MR) is 68.4 cm³/mol. The molecule has 0 aliphatic rings. The van der Waals surface area contributed by atoms with Gasteiger partial charge in [0.15, 0.2) is 0 Å². The zero-order valence-electron chi connectivity index (χ0n) is 11.2. The van der Waals surface area contributed by atoms with Crippen LogP contribution in [-0.4, -0.2) is 50.7 Å². The van der Waals surface area contributed by atoms with Crippen LogP contribution in [0.4, 0.5) is 0 Å². The van der Waals surface area contributed by atoms with Crippen molar-refractivity contribution in [2.75, 3.05) is 40.3 Å². The standard InChI is InChI=1S/C12H29N3/c1-12(2,3)14-10-9-13-8-6-7-11-15(4)5/h13-14H,6-11H2,1-5H3. The molecule has 0 heterocycles. The molecule has 0 radical (unpaired) electrons. The lowest BCUT2D eigenvalue weighted by atomic mass is 10.1. The monoisotopic (exact) mass is 215 g/mol. The topological polar surface area (TPSA) is 27.3 Å². The first-order chi connectivity index (χ1) is 6.92. The minimum absolute atomic E-state index is 0.243. The number of nitrogens with zero attached hydrogens (tertiary/aromatic N) is 1. The summed E-state index contributed by atoms with van der Waals surface area (Å²) in [5.74, 6) is 0. The van der Waals surface area contributed by atoms with Crippen molar-refractivity contribution < 1.29 is 0 Å². The Bertz CT molecular complexity index is 138. The molecule has 3 heteroatoms. The minimum Gasteiger partial charge on any atom is -0.315 e. The van der Waals surface area contributed by atoms with Gasteiger partial charge in [0.05, 0.1) is 0 Å². The molecule has 0 amide bonds. The van der Waals surface area contributed by atoms with Gasteiger partial charge in [-0.1, -0.05) is 0 Å². The van der Waals surface area contributed by atoms with Crippen molar-refractivity contribution in [1.82, 2.24) is 15.5 Å². The Morgan fingerprint density at radius 1 is 0.933 bits per heavy atom. The molecule has 92 valence electrons. The van der Waals surface area contributed by atoms with Crippen molar-refractivity contribution in [3.8, 4) is 0 Å². The molecule has 0 saturated carbocycles. The molecule has 0 atom stereocenters. The maximum absolute atomic E-state index is 3.46. The lowest BCUT2D eigenvalue weighted by Crippen LogP contribution is -2.40. The highest BCUT2D eigenvalue weighted by molar-refractivity contribution is 4.70. The Morgan fingerprint density at radius 2 is 1.60 bits per heavy atom. The Morgan fingerprint density at radius 3 is 2.13 bits per heavy atom. The van der Waals surface area contributed by atoms with E-state index < -0.39 is 0 Å². The van der Waals surface area contributed by atoms with E-state index in [0.717, 1.165) is 19.6 Å². The van der Waals surface area contributed by atoms with Crippen LogP contribution in [-0.2, 0) is 0 Å². The van der Waals surface area contributed by atoms with E-state index in [1.807, 2.05) is 0 Å². The fraction of sp³-hybridized carbons (Fsp3) is 1.00. The quantitative estimate of drug-likeness (QED) is 0.598. The molecule has 0 saturated heterocycles. The molecular formula is C12H29N3. The van der Waals surface area contributed by atoms with Crippen molar-refractivity contribution in [1.29, 1.82) is 0 Å². The van der Waals surface area contributed by atoms with Gasteiger partial charge in [-0.2, -0.15) is 0 Å². The zero-order valence-corrected chi connectivity index (χ0v) is 11.2. The van der Waals surface area contributed by atoms with E-state index in [0.29, 0.717) is 0 Å². The van der Waals surface area contributed by atoms with Gasteiger partial charge in [-0.05, 0) is 60.8 Å². The summed E-state index contributed by atoms with van der Waals surface area (Å²) in [7, 11) is 4.25. The first-order valence-electron chi connectivity index (χ1n) is 6.02. The Labute approximate surface area is 95.6 Å². The van der Waals surface area contributed by atoms with Crippen LogP contribution in [0.15, 0.2) is 0 Å². The van der Waals surface area contributed by atoms with Gasteiger partial charge in [0.25, 0.3) is 0 Å². The van der Waals surface area contributed by atoms with Gasteiger partial charge in [-0.3, -0.25) is 0 Å². The van der Waals surface area contributed by atoms with Crippen LogP contribution in [0.3, 0.4) is 0 Å². The van der Waals surface area contributed by atoms with Gasteiger partial charge >= 0.3 is 0 Å². The first-order valence-corrected chi connectivity index (χ1v) is 6.02. The largest absolute Gasteiger partial charge is 0.315 e. The minimum atomic E-state index is 0.243. The van der Waals surface area contributed by atoms with E-state index in [1.165, 1.54) is 19.4 Å². The molecule has 0 aromatic heterocycles. The third-order valence-electron chi connectivity index (χ3n) is 2.17. The molecule has 0 rings (SSSR count). The summed E-state index contributed by atoms with van der Waals surface area (Å²) in [6.45, 7) is 11.1. The molecule has 15 heavy (non-hydrogen) atoms. The van der Waals surface area contributed by atoms with E-state index >= 15 is 0 Å². The summed E-state index contributed by atoms with van der Waals surface area (Å²) in [5.41, 5.74) is 0.243. The second-order valence-electron chi connectivity index (χ2n) is 5.44. The molecule has 0 aliphatic carbocycles. The van der Waals surface area contributed by atoms with Crippen molar-refractivity contribution >= 4 is 0 Å². The molecule has 0 fully saturated rings. The average molecular weight is 215 g/mol. The van der Waals surface area contributed by atoms with Crippen LogP contribution in [0.2, 0.25) is 0 Å². The van der Waals surface area contributed by atoms with E-state index in [-0.39, 0.29) is 5.54 Å². The predicted octanol–water partition coefficient (Wildman–Crippen LogP) is 1.31. The summed E-state index contributed by atoms with van der Waals surface area (Å²) in [6, 6.07) is 0. The van der Waals surface area contributed by atoms with Gasteiger partial charge in [0.1, 0.15) is 0 Å². The molecule has 0 aromatic rings. The summed E-state index contributed by atoms with van der Waals surface area (Å²) in [5, 5.41) is 6.91. The number of unbranched alkanes of at least 4 members (excludes halogenated alkanes) is 1. The van der Waals surface area contributed by atoms with Crippen LogP contribution in [0.1, 0.15) is 33.6 Å². The highest BCUT2D eigenvalue weighted by atomic mass is 15.0. The Hall–Kier alpha value is -0.120. The second-order valence-corrected chi connectivity index (χ2v) is 5.44. The lowest BCUT2D eigenvalue weighted by Gasteiger charge is -2.20. The third kappa shape index (κ3) is 13.9. The van der Waals surface area contributed by atoms with E-state index in [4.69, 9.17) is 0 Å². The fourth-order valence-corrected chi connectivity index (χ4v) is 1.33. The molecule has 0 bridgehead atoms. The molecule has 0 aromatic carbocycles. The molecule has 3 nitrogen and oxygen atoms in total. The molecule has 2 N–H and O–H groups in total. The van der Waals surface area contributed by atoms with E-state index in [2.05, 4.69) is 50.4 Å². The number of hydrogen-bond acceptors (Lipinski definition) is 3. The summed E-state index contributed by atoms with van der Waals surface area (Å²) >= 11 is 0. The maximum atomic E-state index is 3.46. The SMILES string of the molecule is CN(C)CCCCNCCNC(C)(C)C. The van der Waals surface area contributed by atoms with Gasteiger partial charge in [-0.15, -0.1) is 0 Å². The van der Waals surface area contributed by atoms with Gasteiger partial charge in [0, 0.05) is 18.6 Å². The van der Waals surface area contributed by atoms with Crippen LogP contribution >= 0.6 is 0 Å². The van der Waals surface area contributed by atoms with Crippen molar-refractivity contribution in [2.45, 2.75) is 39.2 Å². The van der Waals surface area contributed by atoms with Gasteiger partial charge < -0.3 is 15.5 Å². The highest BCUT2D eigenvalue weighted by Crippen LogP contribution is 1.96. The number of hydrogen-bond donors (Lipinski definition) is 2. The molecule has 0 spiro atoms. The fourth-order valence-electron chi connectivity index (χ4n) is 1.33. The van der Waals surface area contributed by atoms with E-state index in [1.54, 1.807) is 0 Å². The number of nitrogens with one attached hydrogen (secondary N) is 2. The maximum Gasteiger partial charge on any atom is 0.00970 e. The summed E-state index contributed by atoms with van der Waals surface area (Å²) in [6.07, 6.45) is 2.56. The number of rotatable bonds is 8. The van der Waals surface area contributed by atoms with Crippen molar-refractivity contribution in [3.63, 3.8) is 0 Å². The normalized spacial score (nSPS) is 12.4. The average Bonchev–Trinajstić information content (AvgIpc) is 2.07. The molecule has 0 unspecified atom stereocenters. The van der Waals surface area contributed by atoms with Gasteiger partial charge in [-0.25, -0.2) is 0 Å². The van der Waals surface area contributed by atoms with Crippen molar-refractivity contribution in [3.05, 3.63) is 0 Å². The highest BCUT2D eigenvalue weighted by Gasteiger charge is 2.06. The Balaban J connectivity index is 3.06. The zero-order chi connectivity index (χ0) is 11.7. The van der Waals surface area contributed by atoms with Gasteiger partial charge in [0.2, 0.25) is 0 Å². The van der Waals surface area contributed by atoms with Crippen LogP contribution in [0.5, 0.6) is 0 Å². The van der Waals surface area contributed by atoms with Crippen LogP contribution in [0, 0.1) is 0 Å². The first kappa shape index (κ1) is 14.9. The lowest BCUT2D eigenvalue weighted by molar-refractivity contribution is 0.388. The third-order valence-corrected chi connectivity index (χ3v) is 2.17. The molecule has 0 aliphatic heterocycles. The summed E-state index contributed by atoms with van der Waals surface area (Å²) in [4.78, 5) is 2.24. The van der Waals surface area contributed by atoms with Crippen molar-refractivity contribution in [2.24, 2.45) is 0 Å². The Kier molecular flexibility index (Phi) is 8.02.